The minimum absolute atomic E-state index is 0.187. The standard InChI is InChI=1S/C23H22FN5O2S2/c1-14(10-27-23-28-19-9-18(24)17(21(30)31)8-20(19)33-23)13-29(15-6-4-3-5-7-15)22-25-11-16(32-2)12-26-22/h3-9,11-12,14H,10,13H2,1-2H3,(H,27,28)(H,30,31)/t14-/m0/s1. The fourth-order valence-corrected chi connectivity index (χ4v) is 4.50. The van der Waals surface area contributed by atoms with Crippen LogP contribution in [-0.4, -0.2) is 45.4 Å². The van der Waals surface area contributed by atoms with E-state index >= 15 is 0 Å². The number of aromatic nitrogens is 3. The third-order valence-corrected chi connectivity index (χ3v) is 6.62. The lowest BCUT2D eigenvalue weighted by Crippen LogP contribution is -2.29. The third kappa shape index (κ3) is 5.40. The molecule has 0 aliphatic heterocycles. The van der Waals surface area contributed by atoms with Gasteiger partial charge in [0.2, 0.25) is 5.95 Å². The Kier molecular flexibility index (Phi) is 7.05. The van der Waals surface area contributed by atoms with Gasteiger partial charge in [-0.15, -0.1) is 11.8 Å². The molecule has 0 saturated carbocycles. The summed E-state index contributed by atoms with van der Waals surface area (Å²) in [7, 11) is 0. The van der Waals surface area contributed by atoms with E-state index in [9.17, 15) is 9.18 Å². The molecule has 33 heavy (non-hydrogen) atoms. The van der Waals surface area contributed by atoms with E-state index in [-0.39, 0.29) is 11.5 Å². The summed E-state index contributed by atoms with van der Waals surface area (Å²) in [5.74, 6) is -1.26. The van der Waals surface area contributed by atoms with Gasteiger partial charge in [-0.05, 0) is 30.4 Å². The van der Waals surface area contributed by atoms with Crippen LogP contribution < -0.4 is 10.2 Å². The molecule has 1 atom stereocenters. The maximum absolute atomic E-state index is 14.0. The number of carboxylic acid groups (broad SMARTS) is 1. The van der Waals surface area contributed by atoms with Crippen LogP contribution in [0.1, 0.15) is 17.3 Å². The number of thiazole rings is 1. The molecule has 0 fully saturated rings. The summed E-state index contributed by atoms with van der Waals surface area (Å²) in [6, 6.07) is 12.5. The summed E-state index contributed by atoms with van der Waals surface area (Å²) < 4.78 is 14.6. The second-order valence-electron chi connectivity index (χ2n) is 7.48. The van der Waals surface area contributed by atoms with Crippen LogP contribution in [0.25, 0.3) is 10.2 Å². The molecule has 0 saturated heterocycles. The molecule has 0 aliphatic carbocycles. The molecule has 2 aromatic carbocycles. The van der Waals surface area contributed by atoms with E-state index in [1.165, 1.54) is 17.4 Å². The Morgan fingerprint density at radius 2 is 1.97 bits per heavy atom. The topological polar surface area (TPSA) is 91.2 Å². The number of benzene rings is 2. The lowest BCUT2D eigenvalue weighted by atomic mass is 10.1. The number of nitrogens with zero attached hydrogens (tertiary/aromatic N) is 4. The van der Waals surface area contributed by atoms with E-state index in [0.717, 1.165) is 16.6 Å². The van der Waals surface area contributed by atoms with Crippen molar-refractivity contribution in [2.24, 2.45) is 5.92 Å². The monoisotopic (exact) mass is 483 g/mol. The van der Waals surface area contributed by atoms with Gasteiger partial charge in [0, 0.05) is 42.1 Å². The van der Waals surface area contributed by atoms with Crippen LogP contribution in [0, 0.1) is 11.7 Å². The Bertz CT molecular complexity index is 1250. The minimum atomic E-state index is -1.29. The van der Waals surface area contributed by atoms with Gasteiger partial charge >= 0.3 is 5.97 Å². The van der Waals surface area contributed by atoms with Crippen molar-refractivity contribution in [3.05, 3.63) is 66.2 Å². The maximum atomic E-state index is 14.0. The average molecular weight is 484 g/mol. The molecule has 0 radical (unpaired) electrons. The normalized spacial score (nSPS) is 12.0. The van der Waals surface area contributed by atoms with Crippen molar-refractivity contribution in [2.45, 2.75) is 11.8 Å². The number of fused-ring (bicyclic) bond motifs is 1. The SMILES string of the molecule is CSc1cnc(N(C[C@@H](C)CNc2nc3cc(F)c(C(=O)O)cc3s2)c2ccccc2)nc1. The highest BCUT2D eigenvalue weighted by Gasteiger charge is 2.17. The van der Waals surface area contributed by atoms with Gasteiger partial charge in [-0.3, -0.25) is 0 Å². The van der Waals surface area contributed by atoms with Gasteiger partial charge in [0.25, 0.3) is 0 Å². The third-order valence-electron chi connectivity index (χ3n) is 4.96. The van der Waals surface area contributed by atoms with Crippen LogP contribution in [0.15, 0.2) is 59.8 Å². The van der Waals surface area contributed by atoms with E-state index in [1.807, 2.05) is 49.0 Å². The number of aromatic carboxylic acids is 1. The molecule has 7 nitrogen and oxygen atoms in total. The molecule has 10 heteroatoms. The molecule has 2 heterocycles. The zero-order valence-corrected chi connectivity index (χ0v) is 19.7. The smallest absolute Gasteiger partial charge is 0.338 e. The number of thioether (sulfide) groups is 1. The Balaban J connectivity index is 1.48. The van der Waals surface area contributed by atoms with Crippen molar-refractivity contribution in [3.63, 3.8) is 0 Å². The van der Waals surface area contributed by atoms with E-state index < -0.39 is 11.8 Å². The largest absolute Gasteiger partial charge is 0.478 e. The number of halogens is 1. The first-order chi connectivity index (χ1) is 15.9. The van der Waals surface area contributed by atoms with E-state index in [2.05, 4.69) is 32.1 Å². The highest BCUT2D eigenvalue weighted by Crippen LogP contribution is 2.29. The van der Waals surface area contributed by atoms with Crippen molar-refractivity contribution in [1.29, 1.82) is 0 Å². The number of carboxylic acids is 1. The zero-order valence-electron chi connectivity index (χ0n) is 18.0. The molecule has 0 bridgehead atoms. The summed E-state index contributed by atoms with van der Waals surface area (Å²) in [5, 5.41) is 13.0. The van der Waals surface area contributed by atoms with Gasteiger partial charge in [0.1, 0.15) is 5.82 Å². The first-order valence-electron chi connectivity index (χ1n) is 10.2. The fourth-order valence-electron chi connectivity index (χ4n) is 3.29. The fraction of sp³-hybridized carbons (Fsp3) is 0.217. The van der Waals surface area contributed by atoms with Crippen LogP contribution >= 0.6 is 23.1 Å². The van der Waals surface area contributed by atoms with Crippen molar-refractivity contribution in [2.75, 3.05) is 29.6 Å². The first-order valence-corrected chi connectivity index (χ1v) is 12.2. The Hall–Kier alpha value is -3.24. The number of para-hydroxylation sites is 1. The molecule has 0 amide bonds. The number of carbonyl (C=O) groups is 1. The number of hydrogen-bond acceptors (Lipinski definition) is 8. The van der Waals surface area contributed by atoms with Crippen LogP contribution in [0.2, 0.25) is 0 Å². The van der Waals surface area contributed by atoms with E-state index in [4.69, 9.17) is 5.11 Å². The quantitative estimate of drug-likeness (QED) is 0.300. The first kappa shape index (κ1) is 22.9. The number of rotatable bonds is 9. The van der Waals surface area contributed by atoms with Crippen molar-refractivity contribution >= 4 is 56.1 Å². The molecular weight excluding hydrogens is 461 g/mol. The molecule has 4 aromatic rings. The molecule has 2 N–H and O–H groups in total. The number of hydrogen-bond donors (Lipinski definition) is 2. The van der Waals surface area contributed by atoms with Crippen LogP contribution in [-0.2, 0) is 0 Å². The molecule has 4 rings (SSSR count). The lowest BCUT2D eigenvalue weighted by Gasteiger charge is -2.26. The number of nitrogens with one attached hydrogen (secondary N) is 1. The van der Waals surface area contributed by atoms with Crippen molar-refractivity contribution in [3.8, 4) is 0 Å². The summed E-state index contributed by atoms with van der Waals surface area (Å²) in [6.07, 6.45) is 5.62. The summed E-state index contributed by atoms with van der Waals surface area (Å²) in [4.78, 5) is 27.7. The van der Waals surface area contributed by atoms with Gasteiger partial charge in [-0.25, -0.2) is 24.1 Å². The van der Waals surface area contributed by atoms with Gasteiger partial charge in [0.15, 0.2) is 5.13 Å². The molecule has 0 spiro atoms. The molecule has 170 valence electrons. The second-order valence-corrected chi connectivity index (χ2v) is 9.39. The highest BCUT2D eigenvalue weighted by molar-refractivity contribution is 7.98. The predicted octanol–water partition coefficient (Wildman–Crippen LogP) is 5.53. The molecular formula is C23H22FN5O2S2. The zero-order chi connectivity index (χ0) is 23.4. The molecule has 2 aromatic heterocycles. The van der Waals surface area contributed by atoms with Crippen LogP contribution in [0.5, 0.6) is 0 Å². The van der Waals surface area contributed by atoms with Crippen LogP contribution in [0.3, 0.4) is 0 Å². The van der Waals surface area contributed by atoms with Gasteiger partial charge in [-0.1, -0.05) is 36.5 Å². The summed E-state index contributed by atoms with van der Waals surface area (Å²) >= 11 is 2.90. The second kappa shape index (κ2) is 10.1. The molecule has 0 unspecified atom stereocenters. The lowest BCUT2D eigenvalue weighted by molar-refractivity contribution is 0.0692. The van der Waals surface area contributed by atoms with Crippen LogP contribution in [0.4, 0.5) is 21.2 Å². The van der Waals surface area contributed by atoms with Gasteiger partial charge in [-0.2, -0.15) is 0 Å². The Morgan fingerprint density at radius 3 is 2.64 bits per heavy atom. The van der Waals surface area contributed by atoms with E-state index in [1.54, 1.807) is 11.8 Å². The van der Waals surface area contributed by atoms with Crippen molar-refractivity contribution < 1.29 is 14.3 Å². The predicted molar refractivity (Wildman–Crippen MR) is 131 cm³/mol. The summed E-state index contributed by atoms with van der Waals surface area (Å²) in [6.45, 7) is 3.38. The molecule has 0 aliphatic rings. The number of anilines is 3. The Labute approximate surface area is 198 Å². The minimum Gasteiger partial charge on any atom is -0.478 e. The Morgan fingerprint density at radius 1 is 1.24 bits per heavy atom. The maximum Gasteiger partial charge on any atom is 0.338 e. The van der Waals surface area contributed by atoms with E-state index in [0.29, 0.717) is 34.4 Å². The summed E-state index contributed by atoms with van der Waals surface area (Å²) in [5.41, 5.74) is 1.08. The highest BCUT2D eigenvalue weighted by atomic mass is 32.2. The van der Waals surface area contributed by atoms with Gasteiger partial charge in [0.05, 0.1) is 15.8 Å². The van der Waals surface area contributed by atoms with Gasteiger partial charge < -0.3 is 15.3 Å². The van der Waals surface area contributed by atoms with Crippen molar-refractivity contribution in [1.82, 2.24) is 15.0 Å². The average Bonchev–Trinajstić information content (AvgIpc) is 3.23.